The first kappa shape index (κ1) is 21.8. The summed E-state index contributed by atoms with van der Waals surface area (Å²) in [5.74, 6) is 0.898. The summed E-state index contributed by atoms with van der Waals surface area (Å²) in [6.45, 7) is 0.109. The molecule has 0 radical (unpaired) electrons. The number of benzene rings is 3. The fourth-order valence-electron chi connectivity index (χ4n) is 2.87. The van der Waals surface area contributed by atoms with Crippen LogP contribution >= 0.6 is 23.2 Å². The zero-order valence-corrected chi connectivity index (χ0v) is 18.1. The number of hydrogen-bond acceptors (Lipinski definition) is 5. The lowest BCUT2D eigenvalue weighted by Crippen LogP contribution is -2.10. The third kappa shape index (κ3) is 5.59. The summed E-state index contributed by atoms with van der Waals surface area (Å²) in [4.78, 5) is 12.5. The minimum absolute atomic E-state index is 0.0896. The van der Waals surface area contributed by atoms with Gasteiger partial charge in [0.1, 0.15) is 18.1 Å². The van der Waals surface area contributed by atoms with Crippen molar-refractivity contribution in [1.82, 2.24) is 0 Å². The Balaban J connectivity index is 1.69. The van der Waals surface area contributed by atoms with Crippen LogP contribution in [-0.4, -0.2) is 20.2 Å². The first-order valence-corrected chi connectivity index (χ1v) is 9.92. The standard InChI is InChI=1S/C23H21Cl2NO4/c1-28-17-10-15(11-18(13-17)29-2)14-30-22(27)12-16-6-3-4-9-21(16)26-23-19(24)7-5-8-20(23)25/h3-11,13,26H,12,14H2,1-2H3. The molecular formula is C23H21Cl2NO4. The normalized spacial score (nSPS) is 10.4. The summed E-state index contributed by atoms with van der Waals surface area (Å²) in [6, 6.07) is 18.0. The molecule has 5 nitrogen and oxygen atoms in total. The van der Waals surface area contributed by atoms with Crippen LogP contribution in [0.3, 0.4) is 0 Å². The fourth-order valence-corrected chi connectivity index (χ4v) is 3.36. The first-order valence-electron chi connectivity index (χ1n) is 9.16. The molecule has 3 aromatic carbocycles. The molecule has 3 rings (SSSR count). The number of nitrogens with one attached hydrogen (secondary N) is 1. The van der Waals surface area contributed by atoms with E-state index in [1.165, 1.54) is 0 Å². The van der Waals surface area contributed by atoms with Crippen LogP contribution in [0.4, 0.5) is 11.4 Å². The largest absolute Gasteiger partial charge is 0.497 e. The zero-order valence-electron chi connectivity index (χ0n) is 16.6. The van der Waals surface area contributed by atoms with Gasteiger partial charge in [0.2, 0.25) is 0 Å². The molecule has 0 heterocycles. The van der Waals surface area contributed by atoms with Gasteiger partial charge in [0.05, 0.1) is 36.4 Å². The highest BCUT2D eigenvalue weighted by atomic mass is 35.5. The van der Waals surface area contributed by atoms with Gasteiger partial charge in [0, 0.05) is 11.8 Å². The molecule has 0 unspecified atom stereocenters. The van der Waals surface area contributed by atoms with Crippen molar-refractivity contribution < 1.29 is 19.0 Å². The van der Waals surface area contributed by atoms with Gasteiger partial charge in [-0.15, -0.1) is 0 Å². The van der Waals surface area contributed by atoms with Crippen LogP contribution in [0.5, 0.6) is 11.5 Å². The average molecular weight is 446 g/mol. The lowest BCUT2D eigenvalue weighted by atomic mass is 10.1. The molecule has 0 aliphatic rings. The first-order chi connectivity index (χ1) is 14.5. The van der Waals surface area contributed by atoms with E-state index in [2.05, 4.69) is 5.32 Å². The summed E-state index contributed by atoms with van der Waals surface area (Å²) in [7, 11) is 3.14. The molecule has 0 aliphatic carbocycles. The van der Waals surface area contributed by atoms with Crippen LogP contribution < -0.4 is 14.8 Å². The van der Waals surface area contributed by atoms with E-state index in [0.717, 1.165) is 16.8 Å². The monoisotopic (exact) mass is 445 g/mol. The third-order valence-electron chi connectivity index (χ3n) is 4.39. The number of rotatable bonds is 8. The van der Waals surface area contributed by atoms with Gasteiger partial charge in [-0.3, -0.25) is 4.79 Å². The smallest absolute Gasteiger partial charge is 0.310 e. The number of hydrogen-bond donors (Lipinski definition) is 1. The molecule has 0 saturated heterocycles. The molecule has 0 saturated carbocycles. The van der Waals surface area contributed by atoms with Crippen molar-refractivity contribution >= 4 is 40.5 Å². The second kappa shape index (κ2) is 10.2. The van der Waals surface area contributed by atoms with Gasteiger partial charge in [0.25, 0.3) is 0 Å². The van der Waals surface area contributed by atoms with Gasteiger partial charge in [-0.25, -0.2) is 0 Å². The van der Waals surface area contributed by atoms with Gasteiger partial charge in [-0.1, -0.05) is 47.5 Å². The van der Waals surface area contributed by atoms with E-state index >= 15 is 0 Å². The number of halogens is 2. The van der Waals surface area contributed by atoms with Crippen molar-refractivity contribution in [2.24, 2.45) is 0 Å². The van der Waals surface area contributed by atoms with E-state index in [1.54, 1.807) is 50.6 Å². The summed E-state index contributed by atoms with van der Waals surface area (Å²) in [5, 5.41) is 4.20. The van der Waals surface area contributed by atoms with Crippen LogP contribution in [0.2, 0.25) is 10.0 Å². The number of ether oxygens (including phenoxy) is 3. The molecule has 0 bridgehead atoms. The Morgan fingerprint density at radius 3 is 2.17 bits per heavy atom. The van der Waals surface area contributed by atoms with Crippen molar-refractivity contribution in [3.8, 4) is 11.5 Å². The molecule has 0 aliphatic heterocycles. The molecule has 30 heavy (non-hydrogen) atoms. The topological polar surface area (TPSA) is 56.8 Å². The summed E-state index contributed by atoms with van der Waals surface area (Å²) in [6.07, 6.45) is 0.0896. The second-order valence-electron chi connectivity index (χ2n) is 6.44. The van der Waals surface area contributed by atoms with Crippen molar-refractivity contribution in [3.05, 3.63) is 81.8 Å². The van der Waals surface area contributed by atoms with Crippen molar-refractivity contribution in [1.29, 1.82) is 0 Å². The Hall–Kier alpha value is -2.89. The van der Waals surface area contributed by atoms with Crippen LogP contribution in [0.15, 0.2) is 60.7 Å². The number of anilines is 2. The van der Waals surface area contributed by atoms with E-state index in [4.69, 9.17) is 37.4 Å². The van der Waals surface area contributed by atoms with Gasteiger partial charge < -0.3 is 19.5 Å². The summed E-state index contributed by atoms with van der Waals surface area (Å²) in [5.41, 5.74) is 2.85. The van der Waals surface area contributed by atoms with Crippen LogP contribution in [0.1, 0.15) is 11.1 Å². The van der Waals surface area contributed by atoms with Crippen molar-refractivity contribution in [2.45, 2.75) is 13.0 Å². The quantitative estimate of drug-likeness (QED) is 0.428. The number of carbonyl (C=O) groups is 1. The molecule has 156 valence electrons. The second-order valence-corrected chi connectivity index (χ2v) is 7.25. The van der Waals surface area contributed by atoms with Gasteiger partial charge >= 0.3 is 5.97 Å². The average Bonchev–Trinajstić information content (AvgIpc) is 2.75. The molecule has 0 atom stereocenters. The Kier molecular flexibility index (Phi) is 7.44. The SMILES string of the molecule is COc1cc(COC(=O)Cc2ccccc2Nc2c(Cl)cccc2Cl)cc(OC)c1. The van der Waals surface area contributed by atoms with E-state index in [-0.39, 0.29) is 19.0 Å². The van der Waals surface area contributed by atoms with Gasteiger partial charge in [-0.2, -0.15) is 0 Å². The predicted molar refractivity (Wildman–Crippen MR) is 119 cm³/mol. The van der Waals surface area contributed by atoms with Gasteiger partial charge in [-0.05, 0) is 41.5 Å². The van der Waals surface area contributed by atoms with Crippen molar-refractivity contribution in [2.75, 3.05) is 19.5 Å². The fraction of sp³-hybridized carbons (Fsp3) is 0.174. The molecular weight excluding hydrogens is 425 g/mol. The van der Waals surface area contributed by atoms with E-state index < -0.39 is 0 Å². The maximum atomic E-state index is 12.5. The Labute approximate surface area is 185 Å². The maximum Gasteiger partial charge on any atom is 0.310 e. The predicted octanol–water partition coefficient (Wildman–Crippen LogP) is 6.04. The Morgan fingerprint density at radius 1 is 0.900 bits per heavy atom. The highest BCUT2D eigenvalue weighted by Crippen LogP contribution is 2.33. The lowest BCUT2D eigenvalue weighted by Gasteiger charge is -2.14. The number of para-hydroxylation sites is 2. The summed E-state index contributed by atoms with van der Waals surface area (Å²) >= 11 is 12.5. The van der Waals surface area contributed by atoms with Gasteiger partial charge in [0.15, 0.2) is 0 Å². The lowest BCUT2D eigenvalue weighted by molar-refractivity contribution is -0.144. The highest BCUT2D eigenvalue weighted by Gasteiger charge is 2.13. The molecule has 0 aromatic heterocycles. The van der Waals surface area contributed by atoms with Crippen LogP contribution in [0, 0.1) is 0 Å². The minimum Gasteiger partial charge on any atom is -0.497 e. The molecule has 3 aromatic rings. The number of esters is 1. The summed E-state index contributed by atoms with van der Waals surface area (Å²) < 4.78 is 15.9. The molecule has 0 amide bonds. The Bertz CT molecular complexity index is 997. The number of methoxy groups -OCH3 is 2. The molecule has 0 fully saturated rings. The van der Waals surface area contributed by atoms with Crippen molar-refractivity contribution in [3.63, 3.8) is 0 Å². The highest BCUT2D eigenvalue weighted by molar-refractivity contribution is 6.39. The van der Waals surface area contributed by atoms with E-state index in [1.807, 2.05) is 24.3 Å². The molecule has 1 N–H and O–H groups in total. The number of carbonyl (C=O) groups excluding carboxylic acids is 1. The molecule has 7 heteroatoms. The van der Waals surface area contributed by atoms with Crippen LogP contribution in [0.25, 0.3) is 0 Å². The minimum atomic E-state index is -0.365. The zero-order chi connectivity index (χ0) is 21.5. The van der Waals surface area contributed by atoms with E-state index in [9.17, 15) is 4.79 Å². The Morgan fingerprint density at radius 2 is 1.53 bits per heavy atom. The maximum absolute atomic E-state index is 12.5. The van der Waals surface area contributed by atoms with Crippen LogP contribution in [-0.2, 0) is 22.6 Å². The third-order valence-corrected chi connectivity index (χ3v) is 5.02. The van der Waals surface area contributed by atoms with E-state index in [0.29, 0.717) is 27.2 Å². The molecule has 0 spiro atoms.